The summed E-state index contributed by atoms with van der Waals surface area (Å²) < 4.78 is 11.5. The number of amides is 1. The smallest absolute Gasteiger partial charge is 0.254 e. The lowest BCUT2D eigenvalue weighted by Crippen LogP contribution is -2.42. The van der Waals surface area contributed by atoms with Crippen molar-refractivity contribution in [1.29, 1.82) is 0 Å². The van der Waals surface area contributed by atoms with Gasteiger partial charge in [0.05, 0.1) is 24.2 Å². The lowest BCUT2D eigenvalue weighted by molar-refractivity contribution is -0.0350. The first-order chi connectivity index (χ1) is 12.6. The largest absolute Gasteiger partial charge is 0.422 e. The molecular formula is C19H20N4O3. The van der Waals surface area contributed by atoms with E-state index in [4.69, 9.17) is 9.15 Å². The van der Waals surface area contributed by atoms with Crippen LogP contribution in [0, 0.1) is 0 Å². The topological polar surface area (TPSA) is 81.4 Å². The van der Waals surface area contributed by atoms with Crippen LogP contribution in [0.4, 0.5) is 0 Å². The monoisotopic (exact) mass is 352 g/mol. The summed E-state index contributed by atoms with van der Waals surface area (Å²) in [6.07, 6.45) is 1.27. The van der Waals surface area contributed by atoms with E-state index in [1.807, 2.05) is 38.1 Å². The fourth-order valence-corrected chi connectivity index (χ4v) is 3.05. The molecule has 134 valence electrons. The lowest BCUT2D eigenvalue weighted by atomic mass is 10.1. The van der Waals surface area contributed by atoms with Crippen LogP contribution in [0.5, 0.6) is 0 Å². The zero-order valence-corrected chi connectivity index (χ0v) is 14.8. The van der Waals surface area contributed by atoms with Gasteiger partial charge in [-0.3, -0.25) is 9.78 Å². The van der Waals surface area contributed by atoms with E-state index < -0.39 is 6.10 Å². The van der Waals surface area contributed by atoms with Crippen LogP contribution in [0.3, 0.4) is 0 Å². The average Bonchev–Trinajstić information content (AvgIpc) is 3.18. The summed E-state index contributed by atoms with van der Waals surface area (Å²) in [5.74, 6) is 1.11. The zero-order chi connectivity index (χ0) is 18.1. The predicted molar refractivity (Wildman–Crippen MR) is 94.7 cm³/mol. The molecule has 0 unspecified atom stereocenters. The minimum atomic E-state index is -0.402. The van der Waals surface area contributed by atoms with Gasteiger partial charge in [0.15, 0.2) is 6.10 Å². The number of ether oxygens (including phenoxy) is 1. The molecule has 0 saturated carbocycles. The van der Waals surface area contributed by atoms with E-state index >= 15 is 0 Å². The van der Waals surface area contributed by atoms with Crippen LogP contribution < -0.4 is 0 Å². The highest BCUT2D eigenvalue weighted by Crippen LogP contribution is 2.25. The molecule has 7 nitrogen and oxygen atoms in total. The molecule has 7 heteroatoms. The van der Waals surface area contributed by atoms with Crippen molar-refractivity contribution in [2.24, 2.45) is 0 Å². The number of rotatable bonds is 3. The van der Waals surface area contributed by atoms with Crippen molar-refractivity contribution in [3.63, 3.8) is 0 Å². The maximum atomic E-state index is 13.1. The van der Waals surface area contributed by atoms with Gasteiger partial charge in [-0.25, -0.2) is 0 Å². The molecule has 1 fully saturated rings. The molecule has 0 bridgehead atoms. The van der Waals surface area contributed by atoms with E-state index in [-0.39, 0.29) is 11.8 Å². The molecule has 1 aliphatic heterocycles. The van der Waals surface area contributed by atoms with Crippen molar-refractivity contribution >= 4 is 16.8 Å². The number of fused-ring (bicyclic) bond motifs is 1. The second-order valence-electron chi connectivity index (χ2n) is 6.62. The number of carbonyl (C=O) groups excluding carboxylic acids is 1. The van der Waals surface area contributed by atoms with Crippen LogP contribution >= 0.6 is 0 Å². The number of benzene rings is 1. The second kappa shape index (κ2) is 6.84. The Morgan fingerprint density at radius 2 is 2.08 bits per heavy atom. The van der Waals surface area contributed by atoms with Gasteiger partial charge in [-0.1, -0.05) is 32.0 Å². The van der Waals surface area contributed by atoms with Gasteiger partial charge in [-0.2, -0.15) is 0 Å². The van der Waals surface area contributed by atoms with Crippen molar-refractivity contribution in [1.82, 2.24) is 20.1 Å². The van der Waals surface area contributed by atoms with E-state index in [1.54, 1.807) is 17.2 Å². The Bertz CT molecular complexity index is 932. The molecular weight excluding hydrogens is 332 g/mol. The molecule has 0 radical (unpaired) electrons. The first kappa shape index (κ1) is 16.7. The first-order valence-electron chi connectivity index (χ1n) is 8.71. The Hall–Kier alpha value is -2.80. The molecule has 1 amide bonds. The third-order valence-corrected chi connectivity index (χ3v) is 4.46. The minimum absolute atomic E-state index is 0.0412. The first-order valence-corrected chi connectivity index (χ1v) is 8.71. The van der Waals surface area contributed by atoms with Crippen LogP contribution in [0.25, 0.3) is 10.9 Å². The molecule has 2 aromatic heterocycles. The van der Waals surface area contributed by atoms with Crippen molar-refractivity contribution in [3.8, 4) is 0 Å². The van der Waals surface area contributed by atoms with E-state index in [2.05, 4.69) is 15.2 Å². The van der Waals surface area contributed by atoms with Gasteiger partial charge >= 0.3 is 0 Å². The second-order valence-corrected chi connectivity index (χ2v) is 6.62. The number of hydrogen-bond acceptors (Lipinski definition) is 6. The van der Waals surface area contributed by atoms with Crippen molar-refractivity contribution in [3.05, 3.63) is 53.9 Å². The van der Waals surface area contributed by atoms with Gasteiger partial charge < -0.3 is 14.1 Å². The number of morpholine rings is 1. The minimum Gasteiger partial charge on any atom is -0.422 e. The zero-order valence-electron chi connectivity index (χ0n) is 14.8. The molecule has 1 aromatic carbocycles. The van der Waals surface area contributed by atoms with E-state index in [9.17, 15) is 4.79 Å². The van der Waals surface area contributed by atoms with Crippen LogP contribution in [0.2, 0.25) is 0 Å². The van der Waals surface area contributed by atoms with Crippen molar-refractivity contribution in [2.75, 3.05) is 19.7 Å². The molecule has 26 heavy (non-hydrogen) atoms. The van der Waals surface area contributed by atoms with Crippen molar-refractivity contribution in [2.45, 2.75) is 25.9 Å². The highest BCUT2D eigenvalue weighted by atomic mass is 16.5. The number of carbonyl (C=O) groups is 1. The summed E-state index contributed by atoms with van der Waals surface area (Å²) in [4.78, 5) is 19.2. The summed E-state index contributed by atoms with van der Waals surface area (Å²) in [5.41, 5.74) is 1.45. The van der Waals surface area contributed by atoms with E-state index in [0.717, 1.165) is 10.9 Å². The van der Waals surface area contributed by atoms with Gasteiger partial charge in [-0.05, 0) is 12.1 Å². The fourth-order valence-electron chi connectivity index (χ4n) is 3.05. The maximum absolute atomic E-state index is 13.1. The summed E-state index contributed by atoms with van der Waals surface area (Å²) in [7, 11) is 0. The molecule has 3 aromatic rings. The molecule has 3 heterocycles. The number of aromatic nitrogens is 3. The highest BCUT2D eigenvalue weighted by molar-refractivity contribution is 6.06. The van der Waals surface area contributed by atoms with E-state index in [0.29, 0.717) is 37.0 Å². The Balaban J connectivity index is 1.58. The highest BCUT2D eigenvalue weighted by Gasteiger charge is 2.30. The standard InChI is InChI=1S/C19H20N4O3/c1-12(2)17-21-22-18(26-17)16-11-23(9-10-25-16)19(24)14-7-8-20-15-6-4-3-5-13(14)15/h3-8,12,16H,9-11H2,1-2H3/t16-/m1/s1. The summed E-state index contributed by atoms with van der Waals surface area (Å²) in [6, 6.07) is 9.41. The van der Waals surface area contributed by atoms with Crippen LogP contribution in [-0.2, 0) is 4.74 Å². The maximum Gasteiger partial charge on any atom is 0.254 e. The van der Waals surface area contributed by atoms with Gasteiger partial charge in [0.2, 0.25) is 11.8 Å². The summed E-state index contributed by atoms with van der Waals surface area (Å²) in [5, 5.41) is 8.99. The van der Waals surface area contributed by atoms with Gasteiger partial charge in [0.1, 0.15) is 0 Å². The Morgan fingerprint density at radius 3 is 2.88 bits per heavy atom. The Labute approximate surface area is 151 Å². The van der Waals surface area contributed by atoms with Crippen LogP contribution in [-0.4, -0.2) is 45.7 Å². The fraction of sp³-hybridized carbons (Fsp3) is 0.368. The van der Waals surface area contributed by atoms with E-state index in [1.165, 1.54) is 0 Å². The SMILES string of the molecule is CC(C)c1nnc([C@H]2CN(C(=O)c3ccnc4ccccc34)CCO2)o1. The van der Waals surface area contributed by atoms with Gasteiger partial charge in [0, 0.05) is 24.0 Å². The lowest BCUT2D eigenvalue weighted by Gasteiger charge is -2.31. The van der Waals surface area contributed by atoms with Crippen molar-refractivity contribution < 1.29 is 13.9 Å². The third-order valence-electron chi connectivity index (χ3n) is 4.46. The normalized spacial score (nSPS) is 17.8. The number of pyridine rings is 1. The molecule has 1 aliphatic rings. The average molecular weight is 352 g/mol. The van der Waals surface area contributed by atoms with Crippen LogP contribution in [0.15, 0.2) is 40.9 Å². The molecule has 1 saturated heterocycles. The third kappa shape index (κ3) is 3.06. The summed E-state index contributed by atoms with van der Waals surface area (Å²) in [6.45, 7) is 5.32. The number of hydrogen-bond donors (Lipinski definition) is 0. The summed E-state index contributed by atoms with van der Waals surface area (Å²) >= 11 is 0. The quantitative estimate of drug-likeness (QED) is 0.721. The predicted octanol–water partition coefficient (Wildman–Crippen LogP) is 2.95. The van der Waals surface area contributed by atoms with Gasteiger partial charge in [0.25, 0.3) is 5.91 Å². The van der Waals surface area contributed by atoms with Crippen LogP contribution in [0.1, 0.15) is 48.0 Å². The Kier molecular flexibility index (Phi) is 4.38. The number of para-hydroxylation sites is 1. The van der Waals surface area contributed by atoms with Gasteiger partial charge in [-0.15, -0.1) is 10.2 Å². The molecule has 0 aliphatic carbocycles. The molecule has 0 N–H and O–H groups in total. The molecule has 1 atom stereocenters. The molecule has 0 spiro atoms. The number of nitrogens with zero attached hydrogens (tertiary/aromatic N) is 4. The Morgan fingerprint density at radius 1 is 1.23 bits per heavy atom. The molecule has 4 rings (SSSR count).